The van der Waals surface area contributed by atoms with Crippen LogP contribution in [0.25, 0.3) is 0 Å². The van der Waals surface area contributed by atoms with E-state index in [0.717, 1.165) is 24.1 Å². The minimum absolute atomic E-state index is 0.00851. The Kier molecular flexibility index (Phi) is 2.80. The first-order chi connectivity index (χ1) is 7.50. The number of hydrogen-bond donors (Lipinski definition) is 2. The van der Waals surface area contributed by atoms with Crippen LogP contribution in [0.2, 0.25) is 0 Å². The van der Waals surface area contributed by atoms with Crippen molar-refractivity contribution >= 4 is 0 Å². The summed E-state index contributed by atoms with van der Waals surface area (Å²) in [5.74, 6) is 0.471. The summed E-state index contributed by atoms with van der Waals surface area (Å²) in [4.78, 5) is 2.31. The van der Waals surface area contributed by atoms with Crippen molar-refractivity contribution in [2.24, 2.45) is 5.92 Å². The van der Waals surface area contributed by atoms with E-state index in [9.17, 15) is 10.2 Å². The highest BCUT2D eigenvalue weighted by Gasteiger charge is 2.28. The highest BCUT2D eigenvalue weighted by Crippen LogP contribution is 2.39. The summed E-state index contributed by atoms with van der Waals surface area (Å²) in [6.07, 6.45) is 0.933. The second-order valence-corrected chi connectivity index (χ2v) is 4.96. The summed E-state index contributed by atoms with van der Waals surface area (Å²) in [5, 5.41) is 19.1. The molecule has 1 aromatic rings. The van der Waals surface area contributed by atoms with Gasteiger partial charge >= 0.3 is 0 Å². The van der Waals surface area contributed by atoms with Gasteiger partial charge in [0.2, 0.25) is 0 Å². The van der Waals surface area contributed by atoms with E-state index in [-0.39, 0.29) is 11.5 Å². The van der Waals surface area contributed by atoms with Crippen LogP contribution in [0.15, 0.2) is 12.1 Å². The molecule has 2 N–H and O–H groups in total. The Bertz CT molecular complexity index is 401. The summed E-state index contributed by atoms with van der Waals surface area (Å²) in [7, 11) is 2.11. The summed E-state index contributed by atoms with van der Waals surface area (Å²) in [6.45, 7) is 5.36. The minimum Gasteiger partial charge on any atom is -0.504 e. The van der Waals surface area contributed by atoms with Gasteiger partial charge in [-0.15, -0.1) is 0 Å². The number of hydrogen-bond acceptors (Lipinski definition) is 3. The fraction of sp³-hybridized carbons (Fsp3) is 0.538. The van der Waals surface area contributed by atoms with Crippen LogP contribution in [0.5, 0.6) is 11.5 Å². The van der Waals surface area contributed by atoms with Gasteiger partial charge in [0, 0.05) is 12.6 Å². The van der Waals surface area contributed by atoms with Crippen molar-refractivity contribution in [3.8, 4) is 11.5 Å². The summed E-state index contributed by atoms with van der Waals surface area (Å²) < 4.78 is 0. The molecule has 1 unspecified atom stereocenters. The molecule has 0 fully saturated rings. The molecule has 0 bridgehead atoms. The lowest BCUT2D eigenvalue weighted by atomic mass is 9.86. The quantitative estimate of drug-likeness (QED) is 0.715. The zero-order chi connectivity index (χ0) is 11.9. The molecular weight excluding hydrogens is 202 g/mol. The maximum atomic E-state index is 9.59. The molecule has 0 aromatic heterocycles. The number of phenolic OH excluding ortho intramolecular Hbond substituents is 2. The van der Waals surface area contributed by atoms with E-state index in [1.165, 1.54) is 0 Å². The summed E-state index contributed by atoms with van der Waals surface area (Å²) in [6, 6.07) is 3.74. The van der Waals surface area contributed by atoms with Gasteiger partial charge in [-0.1, -0.05) is 13.8 Å². The van der Waals surface area contributed by atoms with Gasteiger partial charge in [0.15, 0.2) is 11.5 Å². The minimum atomic E-state index is -0.0142. The van der Waals surface area contributed by atoms with Crippen molar-refractivity contribution in [1.82, 2.24) is 4.90 Å². The van der Waals surface area contributed by atoms with Gasteiger partial charge in [-0.25, -0.2) is 0 Å². The number of aromatic hydroxyl groups is 2. The Morgan fingerprint density at radius 2 is 1.88 bits per heavy atom. The lowest BCUT2D eigenvalue weighted by Gasteiger charge is -2.37. The molecule has 0 spiro atoms. The van der Waals surface area contributed by atoms with Crippen LogP contribution in [-0.2, 0) is 6.42 Å². The third-order valence-electron chi connectivity index (χ3n) is 3.40. The molecule has 16 heavy (non-hydrogen) atoms. The van der Waals surface area contributed by atoms with E-state index in [0.29, 0.717) is 12.0 Å². The van der Waals surface area contributed by atoms with E-state index in [1.807, 2.05) is 0 Å². The van der Waals surface area contributed by atoms with Gasteiger partial charge in [-0.05, 0) is 42.6 Å². The molecule has 0 aliphatic carbocycles. The molecule has 3 heteroatoms. The standard InChI is InChI=1S/C13H19NO2/c1-8(2)13-10-7-12(16)11(15)6-9(10)4-5-14(13)3/h6-8,13,15-16H,4-5H2,1-3H3. The molecule has 3 nitrogen and oxygen atoms in total. The third-order valence-corrected chi connectivity index (χ3v) is 3.40. The predicted molar refractivity (Wildman–Crippen MR) is 63.7 cm³/mol. The maximum absolute atomic E-state index is 9.59. The van der Waals surface area contributed by atoms with E-state index in [2.05, 4.69) is 25.8 Å². The number of likely N-dealkylation sites (N-methyl/N-ethyl adjacent to an activating group) is 1. The second-order valence-electron chi connectivity index (χ2n) is 4.96. The number of benzene rings is 1. The fourth-order valence-electron chi connectivity index (χ4n) is 2.67. The van der Waals surface area contributed by atoms with Crippen LogP contribution < -0.4 is 0 Å². The first-order valence-electron chi connectivity index (χ1n) is 5.75. The van der Waals surface area contributed by atoms with Gasteiger partial charge in [0.05, 0.1) is 0 Å². The zero-order valence-corrected chi connectivity index (χ0v) is 10.1. The van der Waals surface area contributed by atoms with E-state index in [1.54, 1.807) is 12.1 Å². The Morgan fingerprint density at radius 3 is 2.50 bits per heavy atom. The number of nitrogens with zero attached hydrogens (tertiary/aromatic N) is 1. The van der Waals surface area contributed by atoms with Crippen LogP contribution in [0.4, 0.5) is 0 Å². The molecule has 1 aliphatic heterocycles. The van der Waals surface area contributed by atoms with Crippen molar-refractivity contribution in [2.45, 2.75) is 26.3 Å². The molecule has 1 aromatic carbocycles. The van der Waals surface area contributed by atoms with Crippen molar-refractivity contribution in [1.29, 1.82) is 0 Å². The van der Waals surface area contributed by atoms with Crippen LogP contribution >= 0.6 is 0 Å². The second kappa shape index (κ2) is 3.98. The smallest absolute Gasteiger partial charge is 0.157 e. The molecule has 1 aliphatic rings. The highest BCUT2D eigenvalue weighted by molar-refractivity contribution is 5.47. The molecule has 0 saturated heterocycles. The first-order valence-corrected chi connectivity index (χ1v) is 5.75. The number of rotatable bonds is 1. The van der Waals surface area contributed by atoms with E-state index in [4.69, 9.17) is 0 Å². The van der Waals surface area contributed by atoms with Crippen molar-refractivity contribution in [3.63, 3.8) is 0 Å². The highest BCUT2D eigenvalue weighted by atomic mass is 16.3. The largest absolute Gasteiger partial charge is 0.504 e. The predicted octanol–water partition coefficient (Wildman–Crippen LogP) is 2.28. The monoisotopic (exact) mass is 221 g/mol. The fourth-order valence-corrected chi connectivity index (χ4v) is 2.67. The van der Waals surface area contributed by atoms with Crippen LogP contribution in [-0.4, -0.2) is 28.7 Å². The van der Waals surface area contributed by atoms with Crippen molar-refractivity contribution in [3.05, 3.63) is 23.3 Å². The topological polar surface area (TPSA) is 43.7 Å². The van der Waals surface area contributed by atoms with Gasteiger partial charge in [0.25, 0.3) is 0 Å². The number of phenols is 2. The Labute approximate surface area is 96.3 Å². The summed E-state index contributed by atoms with van der Waals surface area (Å²) >= 11 is 0. The van der Waals surface area contributed by atoms with Gasteiger partial charge < -0.3 is 10.2 Å². The third kappa shape index (κ3) is 1.76. The van der Waals surface area contributed by atoms with Crippen LogP contribution in [0.3, 0.4) is 0 Å². The van der Waals surface area contributed by atoms with Crippen molar-refractivity contribution in [2.75, 3.05) is 13.6 Å². The maximum Gasteiger partial charge on any atom is 0.157 e. The molecule has 2 rings (SSSR count). The van der Waals surface area contributed by atoms with Gasteiger partial charge in [-0.3, -0.25) is 4.90 Å². The molecule has 0 amide bonds. The van der Waals surface area contributed by atoms with Crippen LogP contribution in [0.1, 0.15) is 31.0 Å². The Morgan fingerprint density at radius 1 is 1.25 bits per heavy atom. The van der Waals surface area contributed by atoms with E-state index < -0.39 is 0 Å². The first kappa shape index (κ1) is 11.3. The average molecular weight is 221 g/mol. The lowest BCUT2D eigenvalue weighted by Crippen LogP contribution is -2.34. The number of fused-ring (bicyclic) bond motifs is 1. The molecule has 88 valence electrons. The molecule has 1 atom stereocenters. The van der Waals surface area contributed by atoms with Gasteiger partial charge in [-0.2, -0.15) is 0 Å². The molecule has 0 radical (unpaired) electrons. The molecule has 0 saturated carbocycles. The Balaban J connectivity index is 2.50. The summed E-state index contributed by atoms with van der Waals surface area (Å²) in [5.41, 5.74) is 2.31. The SMILES string of the molecule is CC(C)C1c2cc(O)c(O)cc2CCN1C. The van der Waals surface area contributed by atoms with Crippen molar-refractivity contribution < 1.29 is 10.2 Å². The Hall–Kier alpha value is -1.22. The lowest BCUT2D eigenvalue weighted by molar-refractivity contribution is 0.180. The zero-order valence-electron chi connectivity index (χ0n) is 10.1. The van der Waals surface area contributed by atoms with Gasteiger partial charge in [0.1, 0.15) is 0 Å². The molecular formula is C13H19NO2. The van der Waals surface area contributed by atoms with Crippen LogP contribution in [0, 0.1) is 5.92 Å². The normalized spacial score (nSPS) is 21.1. The average Bonchev–Trinajstić information content (AvgIpc) is 2.20. The van der Waals surface area contributed by atoms with E-state index >= 15 is 0 Å². The molecule has 1 heterocycles.